The van der Waals surface area contributed by atoms with E-state index in [0.29, 0.717) is 12.3 Å². The third kappa shape index (κ3) is 8.60. The second kappa shape index (κ2) is 13.8. The molecule has 3 rings (SSSR count). The molecule has 1 aromatic heterocycles. The van der Waals surface area contributed by atoms with Crippen molar-refractivity contribution in [1.29, 1.82) is 0 Å². The number of hydrogen-bond acceptors (Lipinski definition) is 4. The summed E-state index contributed by atoms with van der Waals surface area (Å²) in [5.41, 5.74) is 4.25. The number of rotatable bonds is 13. The first-order valence-corrected chi connectivity index (χ1v) is 13.3. The molecule has 2 N–H and O–H groups in total. The van der Waals surface area contributed by atoms with Gasteiger partial charge in [0.1, 0.15) is 5.82 Å². The van der Waals surface area contributed by atoms with Crippen LogP contribution in [-0.4, -0.2) is 64.1 Å². The molecule has 0 bridgehead atoms. The van der Waals surface area contributed by atoms with Gasteiger partial charge in [0.2, 0.25) is 0 Å². The summed E-state index contributed by atoms with van der Waals surface area (Å²) in [6.07, 6.45) is 20.9. The monoisotopic (exact) mass is 502 g/mol. The summed E-state index contributed by atoms with van der Waals surface area (Å²) in [5, 5.41) is 11.0. The molecule has 0 aliphatic heterocycles. The summed E-state index contributed by atoms with van der Waals surface area (Å²) in [6.45, 7) is 16.4. The van der Waals surface area contributed by atoms with Gasteiger partial charge < -0.3 is 19.9 Å². The first kappa shape index (κ1) is 28.2. The molecular formula is C31H42N4O2. The van der Waals surface area contributed by atoms with Gasteiger partial charge in [-0.15, -0.1) is 0 Å². The maximum Gasteiger partial charge on any atom is 0.303 e. The Morgan fingerprint density at radius 1 is 1.19 bits per heavy atom. The fourth-order valence-electron chi connectivity index (χ4n) is 4.50. The minimum atomic E-state index is -0.725. The highest BCUT2D eigenvalue weighted by Crippen LogP contribution is 2.21. The van der Waals surface area contributed by atoms with Crippen LogP contribution in [0.5, 0.6) is 0 Å². The van der Waals surface area contributed by atoms with Gasteiger partial charge in [-0.25, -0.2) is 4.98 Å². The SMILES string of the molecule is C=C(/C=C\C(=C)c1nc2c([nH]1)=CC(C)CC=2)/C1=C/C/C=C(/N(C)CCN(CC)CCCC(=O)O)C=CC1. The van der Waals surface area contributed by atoms with Crippen LogP contribution in [0.1, 0.15) is 51.8 Å². The number of carbonyl (C=O) groups is 1. The van der Waals surface area contributed by atoms with Crippen molar-refractivity contribution >= 4 is 23.7 Å². The largest absolute Gasteiger partial charge is 0.481 e. The van der Waals surface area contributed by atoms with Gasteiger partial charge in [0.15, 0.2) is 0 Å². The minimum absolute atomic E-state index is 0.227. The summed E-state index contributed by atoms with van der Waals surface area (Å²) in [5.74, 6) is 0.609. The van der Waals surface area contributed by atoms with Crippen molar-refractivity contribution in [2.45, 2.75) is 46.0 Å². The molecule has 1 unspecified atom stereocenters. The van der Waals surface area contributed by atoms with Crippen LogP contribution in [-0.2, 0) is 4.79 Å². The lowest BCUT2D eigenvalue weighted by atomic mass is 9.99. The molecule has 198 valence electrons. The van der Waals surface area contributed by atoms with Crippen LogP contribution in [0, 0.1) is 5.92 Å². The number of nitrogens with zero attached hydrogens (tertiary/aromatic N) is 3. The molecule has 1 aromatic rings. The summed E-state index contributed by atoms with van der Waals surface area (Å²) in [6, 6.07) is 0. The van der Waals surface area contributed by atoms with Crippen molar-refractivity contribution < 1.29 is 9.90 Å². The number of allylic oxidation sites excluding steroid dienone is 9. The Hall–Kier alpha value is -3.38. The van der Waals surface area contributed by atoms with Crippen LogP contribution in [0.3, 0.4) is 0 Å². The molecule has 0 fully saturated rings. The second-order valence-electron chi connectivity index (χ2n) is 9.91. The van der Waals surface area contributed by atoms with Gasteiger partial charge in [0.05, 0.1) is 10.7 Å². The number of carboxylic acid groups (broad SMARTS) is 1. The molecule has 0 radical (unpaired) electrons. The van der Waals surface area contributed by atoms with E-state index in [4.69, 9.17) is 10.1 Å². The Balaban J connectivity index is 1.53. The number of hydrogen-bond donors (Lipinski definition) is 2. The number of aromatic amines is 1. The number of carboxylic acids is 1. The van der Waals surface area contributed by atoms with Crippen LogP contribution in [0.15, 0.2) is 66.5 Å². The van der Waals surface area contributed by atoms with Crippen molar-refractivity contribution in [3.05, 3.63) is 83.0 Å². The molecule has 1 atom stereocenters. The first-order valence-electron chi connectivity index (χ1n) is 13.3. The molecule has 6 nitrogen and oxygen atoms in total. The molecule has 0 amide bonds. The Kier molecular flexibility index (Phi) is 10.5. The number of aliphatic carboxylic acids is 1. The van der Waals surface area contributed by atoms with E-state index >= 15 is 0 Å². The number of aromatic nitrogens is 2. The molecule has 0 aromatic carbocycles. The van der Waals surface area contributed by atoms with E-state index in [-0.39, 0.29) is 6.42 Å². The molecule has 1 heterocycles. The van der Waals surface area contributed by atoms with Crippen LogP contribution < -0.4 is 10.7 Å². The molecule has 6 heteroatoms. The lowest BCUT2D eigenvalue weighted by Gasteiger charge is -2.26. The molecule has 0 saturated heterocycles. The normalized spacial score (nSPS) is 20.1. The van der Waals surface area contributed by atoms with Gasteiger partial charge in [0, 0.05) is 37.8 Å². The predicted molar refractivity (Wildman–Crippen MR) is 154 cm³/mol. The van der Waals surface area contributed by atoms with Crippen LogP contribution in [0.25, 0.3) is 17.7 Å². The van der Waals surface area contributed by atoms with E-state index in [1.165, 1.54) is 11.3 Å². The number of likely N-dealkylation sites (N-methyl/N-ethyl adjacent to an activating group) is 2. The quantitative estimate of drug-likeness (QED) is 0.391. The Morgan fingerprint density at radius 3 is 2.73 bits per heavy atom. The molecule has 0 spiro atoms. The molecule has 37 heavy (non-hydrogen) atoms. The maximum absolute atomic E-state index is 10.8. The van der Waals surface area contributed by atoms with Crippen molar-refractivity contribution in [3.63, 3.8) is 0 Å². The standard InChI is InChI=1S/C31H42N4O2/c1-6-35(19-9-14-30(36)37)21-20-34(5)27-12-7-10-26(11-8-13-27)24(3)16-17-25(4)31-32-28-18-15-23(2)22-29(28)33-31/h7,11-13,16-18,22-23H,3-4,6,8-10,14-15,19-21H2,1-2,5H3,(H,32,33)(H,36,37)/b12-7?,17-16-,26-11+,27-13+. The number of nitrogens with one attached hydrogen (secondary N) is 1. The van der Waals surface area contributed by atoms with Crippen molar-refractivity contribution in [3.8, 4) is 0 Å². The van der Waals surface area contributed by atoms with Gasteiger partial charge >= 0.3 is 5.97 Å². The highest BCUT2D eigenvalue weighted by Gasteiger charge is 2.10. The van der Waals surface area contributed by atoms with Gasteiger partial charge in [-0.3, -0.25) is 4.79 Å². The zero-order chi connectivity index (χ0) is 26.8. The number of fused-ring (bicyclic) bond motifs is 1. The zero-order valence-electron chi connectivity index (χ0n) is 22.7. The highest BCUT2D eigenvalue weighted by atomic mass is 16.4. The van der Waals surface area contributed by atoms with Gasteiger partial charge in [-0.2, -0.15) is 0 Å². The Morgan fingerprint density at radius 2 is 1.97 bits per heavy atom. The third-order valence-corrected chi connectivity index (χ3v) is 6.92. The average molecular weight is 503 g/mol. The zero-order valence-corrected chi connectivity index (χ0v) is 22.7. The lowest BCUT2D eigenvalue weighted by molar-refractivity contribution is -0.137. The van der Waals surface area contributed by atoms with Crippen LogP contribution in [0.2, 0.25) is 0 Å². The maximum atomic E-state index is 10.8. The lowest BCUT2D eigenvalue weighted by Crippen LogP contribution is -2.33. The van der Waals surface area contributed by atoms with E-state index in [0.717, 1.165) is 73.1 Å². The second-order valence-corrected chi connectivity index (χ2v) is 9.91. The van der Waals surface area contributed by atoms with Crippen LogP contribution >= 0.6 is 0 Å². The van der Waals surface area contributed by atoms with Crippen molar-refractivity contribution in [2.75, 3.05) is 33.2 Å². The van der Waals surface area contributed by atoms with E-state index in [1.54, 1.807) is 0 Å². The van der Waals surface area contributed by atoms with Crippen molar-refractivity contribution in [1.82, 2.24) is 19.8 Å². The summed E-state index contributed by atoms with van der Waals surface area (Å²) in [7, 11) is 2.11. The summed E-state index contributed by atoms with van der Waals surface area (Å²) >= 11 is 0. The van der Waals surface area contributed by atoms with E-state index < -0.39 is 5.97 Å². The van der Waals surface area contributed by atoms with E-state index in [1.807, 2.05) is 12.2 Å². The highest BCUT2D eigenvalue weighted by molar-refractivity contribution is 5.68. The third-order valence-electron chi connectivity index (χ3n) is 6.92. The molecule has 0 saturated carbocycles. The molecule has 2 aliphatic rings. The number of H-pyrrole nitrogens is 1. The molecular weight excluding hydrogens is 460 g/mol. The van der Waals surface area contributed by atoms with Crippen molar-refractivity contribution in [2.24, 2.45) is 5.92 Å². The first-order chi connectivity index (χ1) is 17.8. The fraction of sp³-hybridized carbons (Fsp3) is 0.419. The summed E-state index contributed by atoms with van der Waals surface area (Å²) < 4.78 is 0. The van der Waals surface area contributed by atoms with E-state index in [9.17, 15) is 4.79 Å². The number of imidazole rings is 1. The molecule has 2 aliphatic carbocycles. The minimum Gasteiger partial charge on any atom is -0.481 e. The predicted octanol–water partition coefficient (Wildman–Crippen LogP) is 4.41. The summed E-state index contributed by atoms with van der Waals surface area (Å²) in [4.78, 5) is 23.4. The van der Waals surface area contributed by atoms with Crippen LogP contribution in [0.4, 0.5) is 0 Å². The van der Waals surface area contributed by atoms with Gasteiger partial charge in [0.25, 0.3) is 0 Å². The Bertz CT molecular complexity index is 1230. The smallest absolute Gasteiger partial charge is 0.303 e. The fourth-order valence-corrected chi connectivity index (χ4v) is 4.50. The average Bonchev–Trinajstić information content (AvgIpc) is 3.27. The Labute approximate surface area is 221 Å². The van der Waals surface area contributed by atoms with Gasteiger partial charge in [-0.05, 0) is 61.9 Å². The van der Waals surface area contributed by atoms with Gasteiger partial charge in [-0.1, -0.05) is 69.5 Å². The van der Waals surface area contributed by atoms with E-state index in [2.05, 4.69) is 85.3 Å². The topological polar surface area (TPSA) is 72.5 Å².